The largest absolute Gasteiger partial charge is 0.346 e. The van der Waals surface area contributed by atoms with Crippen LogP contribution in [0.1, 0.15) is 33.6 Å². The topological polar surface area (TPSA) is 79.3 Å². The third kappa shape index (κ3) is 5.23. The molecule has 0 aliphatic heterocycles. The van der Waals surface area contributed by atoms with Gasteiger partial charge in [0.1, 0.15) is 5.82 Å². The fraction of sp³-hybridized carbons (Fsp3) is 0.500. The number of amides is 2. The van der Waals surface area contributed by atoms with Gasteiger partial charge in [0.05, 0.1) is 11.2 Å². The fourth-order valence-corrected chi connectivity index (χ4v) is 3.43. The molecule has 1 saturated carbocycles. The van der Waals surface area contributed by atoms with Gasteiger partial charge in [-0.2, -0.15) is 5.10 Å². The first-order valence-electron chi connectivity index (χ1n) is 10.1. The summed E-state index contributed by atoms with van der Waals surface area (Å²) in [6.07, 6.45) is 2.36. The Morgan fingerprint density at radius 1 is 1.17 bits per heavy atom. The molecule has 0 spiro atoms. The van der Waals surface area contributed by atoms with Crippen molar-refractivity contribution in [1.82, 2.24) is 20.0 Å². The van der Waals surface area contributed by atoms with E-state index in [0.717, 1.165) is 11.3 Å². The summed E-state index contributed by atoms with van der Waals surface area (Å²) in [5.74, 6) is -0.198. The van der Waals surface area contributed by atoms with Gasteiger partial charge in [-0.1, -0.05) is 30.3 Å². The lowest BCUT2D eigenvalue weighted by molar-refractivity contribution is -0.136. The van der Waals surface area contributed by atoms with E-state index in [2.05, 4.69) is 20.6 Å². The summed E-state index contributed by atoms with van der Waals surface area (Å²) in [6, 6.07) is 11.8. The van der Waals surface area contributed by atoms with E-state index in [1.807, 2.05) is 65.2 Å². The number of carbonyl (C=O) groups is 2. The second kappa shape index (κ2) is 8.37. The Kier molecular flexibility index (Phi) is 6.07. The first-order chi connectivity index (χ1) is 13.7. The molecule has 1 aromatic heterocycles. The van der Waals surface area contributed by atoms with Crippen LogP contribution in [0.15, 0.2) is 36.4 Å². The minimum atomic E-state index is -0.677. The molecule has 29 heavy (non-hydrogen) atoms. The second-order valence-corrected chi connectivity index (χ2v) is 8.90. The smallest absolute Gasteiger partial charge is 0.314 e. The molecule has 0 bridgehead atoms. The Morgan fingerprint density at radius 2 is 1.83 bits per heavy atom. The van der Waals surface area contributed by atoms with Crippen molar-refractivity contribution in [2.24, 2.45) is 5.92 Å². The molecule has 1 fully saturated rings. The number of hydrogen-bond donors (Lipinski definition) is 2. The Labute approximate surface area is 172 Å². The molecule has 1 heterocycles. The van der Waals surface area contributed by atoms with Crippen LogP contribution in [0, 0.1) is 5.92 Å². The normalized spacial score (nSPS) is 15.2. The summed E-state index contributed by atoms with van der Waals surface area (Å²) in [4.78, 5) is 27.0. The van der Waals surface area contributed by atoms with Crippen molar-refractivity contribution in [3.8, 4) is 11.3 Å². The first kappa shape index (κ1) is 21.0. The van der Waals surface area contributed by atoms with Gasteiger partial charge >= 0.3 is 11.8 Å². The molecule has 2 aromatic rings. The zero-order valence-corrected chi connectivity index (χ0v) is 17.9. The van der Waals surface area contributed by atoms with Crippen molar-refractivity contribution >= 4 is 17.6 Å². The van der Waals surface area contributed by atoms with E-state index in [-0.39, 0.29) is 11.6 Å². The van der Waals surface area contributed by atoms with Crippen molar-refractivity contribution in [2.45, 2.75) is 45.2 Å². The van der Waals surface area contributed by atoms with Crippen LogP contribution >= 0.6 is 0 Å². The number of likely N-dealkylation sites (N-methyl/N-ethyl adjacent to an activating group) is 1. The van der Waals surface area contributed by atoms with Gasteiger partial charge in [-0.3, -0.25) is 9.59 Å². The molecule has 156 valence electrons. The maximum atomic E-state index is 12.5. The van der Waals surface area contributed by atoms with Gasteiger partial charge in [-0.25, -0.2) is 4.68 Å². The van der Waals surface area contributed by atoms with E-state index in [0.29, 0.717) is 18.3 Å². The quantitative estimate of drug-likeness (QED) is 0.735. The second-order valence-electron chi connectivity index (χ2n) is 8.90. The number of carbonyl (C=O) groups excluding carboxylic acids is 2. The zero-order valence-electron chi connectivity index (χ0n) is 17.9. The van der Waals surface area contributed by atoms with Gasteiger partial charge in [0.25, 0.3) is 0 Å². The lowest BCUT2D eigenvalue weighted by Crippen LogP contribution is -2.45. The van der Waals surface area contributed by atoms with Crippen LogP contribution < -0.4 is 10.6 Å². The molecule has 1 aliphatic carbocycles. The van der Waals surface area contributed by atoms with Crippen molar-refractivity contribution in [2.75, 3.05) is 26.0 Å². The van der Waals surface area contributed by atoms with Gasteiger partial charge in [0.2, 0.25) is 0 Å². The van der Waals surface area contributed by atoms with Crippen LogP contribution in [0.25, 0.3) is 11.3 Å². The molecule has 2 N–H and O–H groups in total. The van der Waals surface area contributed by atoms with E-state index in [1.54, 1.807) is 10.7 Å². The van der Waals surface area contributed by atoms with Crippen molar-refractivity contribution in [1.29, 1.82) is 0 Å². The van der Waals surface area contributed by atoms with Crippen LogP contribution in [0.3, 0.4) is 0 Å². The third-order valence-corrected chi connectivity index (χ3v) is 5.16. The summed E-state index contributed by atoms with van der Waals surface area (Å²) in [5.41, 5.74) is 1.35. The monoisotopic (exact) mass is 397 g/mol. The minimum Gasteiger partial charge on any atom is -0.346 e. The first-order valence-corrected chi connectivity index (χ1v) is 10.1. The summed E-state index contributed by atoms with van der Waals surface area (Å²) in [5, 5.41) is 10.2. The Bertz CT molecular complexity index is 861. The Hall–Kier alpha value is -2.67. The highest BCUT2D eigenvalue weighted by atomic mass is 16.2. The van der Waals surface area contributed by atoms with Crippen LogP contribution in [0.4, 0.5) is 5.82 Å². The predicted octanol–water partition coefficient (Wildman–Crippen LogP) is 2.70. The molecular weight excluding hydrogens is 366 g/mol. The number of nitrogens with one attached hydrogen (secondary N) is 2. The minimum absolute atomic E-state index is 0.261. The van der Waals surface area contributed by atoms with E-state index >= 15 is 0 Å². The predicted molar refractivity (Wildman–Crippen MR) is 114 cm³/mol. The number of rotatable bonds is 6. The van der Waals surface area contributed by atoms with Gasteiger partial charge < -0.3 is 15.5 Å². The standard InChI is InChI=1S/C22H31N5O2/c1-22(2,3)27-19(13-17(25-27)15-9-7-6-8-10-15)24-21(29)20(28)23-14-18(26(4)5)16-11-12-16/h6-10,13,16,18H,11-12,14H2,1-5H3,(H,23,28)(H,24,29)/t18-/m0/s1. The lowest BCUT2D eigenvalue weighted by Gasteiger charge is -2.24. The van der Waals surface area contributed by atoms with Crippen molar-refractivity contribution in [3.63, 3.8) is 0 Å². The highest BCUT2D eigenvalue weighted by Gasteiger charge is 2.33. The molecule has 7 heteroatoms. The molecule has 0 radical (unpaired) electrons. The van der Waals surface area contributed by atoms with Gasteiger partial charge in [0.15, 0.2) is 0 Å². The van der Waals surface area contributed by atoms with Crippen molar-refractivity contribution in [3.05, 3.63) is 36.4 Å². The van der Waals surface area contributed by atoms with Crippen LogP contribution in [-0.2, 0) is 15.1 Å². The average molecular weight is 398 g/mol. The lowest BCUT2D eigenvalue weighted by atomic mass is 10.1. The molecule has 3 rings (SSSR count). The van der Waals surface area contributed by atoms with Crippen LogP contribution in [0.5, 0.6) is 0 Å². The SMILES string of the molecule is CN(C)[C@@H](CNC(=O)C(=O)Nc1cc(-c2ccccc2)nn1C(C)(C)C)C1CC1. The summed E-state index contributed by atoms with van der Waals surface area (Å²) in [6.45, 7) is 6.48. The van der Waals surface area contributed by atoms with E-state index in [1.165, 1.54) is 12.8 Å². The Balaban J connectivity index is 1.71. The molecule has 7 nitrogen and oxygen atoms in total. The zero-order chi connectivity index (χ0) is 21.2. The molecular formula is C22H31N5O2. The summed E-state index contributed by atoms with van der Waals surface area (Å²) < 4.78 is 1.74. The van der Waals surface area contributed by atoms with Gasteiger partial charge in [-0.05, 0) is 53.6 Å². The maximum absolute atomic E-state index is 12.5. The van der Waals surface area contributed by atoms with Crippen LogP contribution in [0.2, 0.25) is 0 Å². The summed E-state index contributed by atoms with van der Waals surface area (Å²) >= 11 is 0. The highest BCUT2D eigenvalue weighted by molar-refractivity contribution is 6.39. The molecule has 1 aliphatic rings. The van der Waals surface area contributed by atoms with Crippen LogP contribution in [-0.4, -0.2) is 53.2 Å². The maximum Gasteiger partial charge on any atom is 0.314 e. The fourth-order valence-electron chi connectivity index (χ4n) is 3.43. The number of aromatic nitrogens is 2. The van der Waals surface area contributed by atoms with E-state index in [4.69, 9.17) is 0 Å². The highest BCUT2D eigenvalue weighted by Crippen LogP contribution is 2.34. The number of nitrogens with zero attached hydrogens (tertiary/aromatic N) is 3. The number of anilines is 1. The van der Waals surface area contributed by atoms with E-state index in [9.17, 15) is 9.59 Å². The molecule has 0 unspecified atom stereocenters. The third-order valence-electron chi connectivity index (χ3n) is 5.16. The molecule has 0 saturated heterocycles. The molecule has 1 aromatic carbocycles. The van der Waals surface area contributed by atoms with Crippen molar-refractivity contribution < 1.29 is 9.59 Å². The van der Waals surface area contributed by atoms with E-state index < -0.39 is 11.8 Å². The Morgan fingerprint density at radius 3 is 2.38 bits per heavy atom. The van der Waals surface area contributed by atoms with Gasteiger partial charge in [0, 0.05) is 24.2 Å². The molecule has 1 atom stereocenters. The van der Waals surface area contributed by atoms with Gasteiger partial charge in [-0.15, -0.1) is 0 Å². The molecule has 2 amide bonds. The number of hydrogen-bond acceptors (Lipinski definition) is 4. The summed E-state index contributed by atoms with van der Waals surface area (Å²) in [7, 11) is 4.00. The number of benzene rings is 1. The average Bonchev–Trinajstić information content (AvgIpc) is 3.40.